The van der Waals surface area contributed by atoms with Crippen LogP contribution < -0.4 is 0 Å². The molecule has 1 saturated heterocycles. The Hall–Kier alpha value is -2.09. The largest absolute Gasteiger partial charge is 0.458 e. The van der Waals surface area contributed by atoms with Crippen LogP contribution in [0.15, 0.2) is 72.9 Å². The van der Waals surface area contributed by atoms with Crippen LogP contribution >= 0.6 is 0 Å². The molecule has 130 valence electrons. The van der Waals surface area contributed by atoms with Crippen molar-refractivity contribution in [3.63, 3.8) is 0 Å². The third kappa shape index (κ3) is 11.5. The van der Waals surface area contributed by atoms with Crippen molar-refractivity contribution >= 4 is 5.97 Å². The van der Waals surface area contributed by atoms with Gasteiger partial charge in [-0.3, -0.25) is 4.79 Å². The van der Waals surface area contributed by atoms with E-state index in [2.05, 4.69) is 61.6 Å². The lowest BCUT2D eigenvalue weighted by molar-refractivity contribution is -0.139. The number of carbonyl (C=O) groups is 1. The van der Waals surface area contributed by atoms with Gasteiger partial charge in [-0.15, -0.1) is 0 Å². The lowest BCUT2D eigenvalue weighted by atomic mass is 10.2. The van der Waals surface area contributed by atoms with Gasteiger partial charge < -0.3 is 4.74 Å². The van der Waals surface area contributed by atoms with Crippen LogP contribution in [-0.2, 0) is 9.53 Å². The predicted molar refractivity (Wildman–Crippen MR) is 103 cm³/mol. The highest BCUT2D eigenvalue weighted by Gasteiger charge is 2.19. The molecule has 2 heteroatoms. The zero-order chi connectivity index (χ0) is 17.3. The first-order valence-electron chi connectivity index (χ1n) is 8.95. The molecule has 0 bridgehead atoms. The lowest BCUT2D eigenvalue weighted by Crippen LogP contribution is -2.01. The Labute approximate surface area is 147 Å². The normalized spacial score (nSPS) is 19.4. The van der Waals surface area contributed by atoms with Gasteiger partial charge in [0.05, 0.1) is 0 Å². The molecular weight excluding hydrogens is 296 g/mol. The summed E-state index contributed by atoms with van der Waals surface area (Å²) in [5, 5.41) is 0. The third-order valence-electron chi connectivity index (χ3n) is 3.48. The van der Waals surface area contributed by atoms with Crippen molar-refractivity contribution in [3.05, 3.63) is 72.9 Å². The molecule has 2 nitrogen and oxygen atoms in total. The number of carbonyl (C=O) groups excluding carboxylic acids is 1. The molecule has 0 aromatic carbocycles. The maximum atomic E-state index is 10.9. The monoisotopic (exact) mass is 326 g/mol. The van der Waals surface area contributed by atoms with Crippen molar-refractivity contribution in [2.45, 2.75) is 58.0 Å². The molecule has 1 aliphatic heterocycles. The van der Waals surface area contributed by atoms with E-state index in [9.17, 15) is 4.79 Å². The van der Waals surface area contributed by atoms with Gasteiger partial charge in [0.1, 0.15) is 6.10 Å². The minimum atomic E-state index is -0.0894. The van der Waals surface area contributed by atoms with E-state index in [4.69, 9.17) is 4.74 Å². The fraction of sp³-hybridized carbons (Fsp3) is 0.409. The smallest absolute Gasteiger partial charge is 0.306 e. The zero-order valence-corrected chi connectivity index (χ0v) is 14.8. The summed E-state index contributed by atoms with van der Waals surface area (Å²) >= 11 is 0. The number of allylic oxidation sites excluding steroid dienone is 11. The second kappa shape index (κ2) is 14.5. The quantitative estimate of drug-likeness (QED) is 0.264. The summed E-state index contributed by atoms with van der Waals surface area (Å²) in [6.45, 7) is 2.15. The van der Waals surface area contributed by atoms with Crippen LogP contribution in [0.1, 0.15) is 51.9 Å². The van der Waals surface area contributed by atoms with E-state index in [0.717, 1.165) is 38.5 Å². The molecule has 1 rings (SSSR count). The standard InChI is InChI=1S/C22H30O2/c1-2-3-4-5-6-7-8-9-10-11-12-13-14-15-16-17-18-21-19-20-22(23)24-21/h3-4,6-7,9-10,12-13,15-18,21H,2,5,8,11,14,19-20H2,1H3/b4-3-,7-6-,10-9-,13-12-,16-15-,18-17+/t21-/m0/s1. The van der Waals surface area contributed by atoms with Crippen molar-refractivity contribution in [1.29, 1.82) is 0 Å². The molecule has 0 unspecified atom stereocenters. The van der Waals surface area contributed by atoms with E-state index in [1.807, 2.05) is 18.2 Å². The van der Waals surface area contributed by atoms with Gasteiger partial charge in [0.2, 0.25) is 0 Å². The number of esters is 1. The number of hydrogen-bond acceptors (Lipinski definition) is 2. The van der Waals surface area contributed by atoms with Crippen LogP contribution in [0.2, 0.25) is 0 Å². The third-order valence-corrected chi connectivity index (χ3v) is 3.48. The number of hydrogen-bond donors (Lipinski definition) is 0. The fourth-order valence-corrected chi connectivity index (χ4v) is 2.18. The van der Waals surface area contributed by atoms with Gasteiger partial charge in [-0.1, -0.05) is 73.8 Å². The number of rotatable bonds is 11. The van der Waals surface area contributed by atoms with Crippen molar-refractivity contribution < 1.29 is 9.53 Å². The molecule has 0 aromatic heterocycles. The van der Waals surface area contributed by atoms with Crippen molar-refractivity contribution in [3.8, 4) is 0 Å². The summed E-state index contributed by atoms with van der Waals surface area (Å²) in [6, 6.07) is 0. The highest BCUT2D eigenvalue weighted by Crippen LogP contribution is 2.14. The van der Waals surface area contributed by atoms with Crippen LogP contribution in [0.5, 0.6) is 0 Å². The van der Waals surface area contributed by atoms with Crippen LogP contribution in [0, 0.1) is 0 Å². The summed E-state index contributed by atoms with van der Waals surface area (Å²) in [4.78, 5) is 10.9. The molecular formula is C22H30O2. The van der Waals surface area contributed by atoms with Crippen molar-refractivity contribution in [2.24, 2.45) is 0 Å². The van der Waals surface area contributed by atoms with Crippen molar-refractivity contribution in [1.82, 2.24) is 0 Å². The molecule has 1 fully saturated rings. The van der Waals surface area contributed by atoms with Crippen molar-refractivity contribution in [2.75, 3.05) is 0 Å². The lowest BCUT2D eigenvalue weighted by Gasteiger charge is -1.99. The van der Waals surface area contributed by atoms with E-state index in [1.54, 1.807) is 0 Å². The Bertz CT molecular complexity index is 504. The van der Waals surface area contributed by atoms with Gasteiger partial charge in [0.15, 0.2) is 0 Å². The van der Waals surface area contributed by atoms with Crippen LogP contribution in [0.25, 0.3) is 0 Å². The predicted octanol–water partition coefficient (Wildman–Crippen LogP) is 6.00. The second-order valence-electron chi connectivity index (χ2n) is 5.62. The van der Waals surface area contributed by atoms with Crippen LogP contribution in [0.3, 0.4) is 0 Å². The maximum absolute atomic E-state index is 10.9. The van der Waals surface area contributed by atoms with E-state index in [0.29, 0.717) is 6.42 Å². The van der Waals surface area contributed by atoms with Gasteiger partial charge in [0, 0.05) is 6.42 Å². The average Bonchev–Trinajstić information content (AvgIpc) is 3.00. The molecule has 0 aliphatic carbocycles. The van der Waals surface area contributed by atoms with E-state index in [-0.39, 0.29) is 12.1 Å². The highest BCUT2D eigenvalue weighted by molar-refractivity contribution is 5.71. The van der Waals surface area contributed by atoms with E-state index in [1.165, 1.54) is 0 Å². The van der Waals surface area contributed by atoms with Crippen LogP contribution in [-0.4, -0.2) is 12.1 Å². The molecule has 0 amide bonds. The first-order chi connectivity index (χ1) is 11.8. The Morgan fingerprint density at radius 2 is 1.38 bits per heavy atom. The summed E-state index contributed by atoms with van der Waals surface area (Å²) in [7, 11) is 0. The molecule has 0 aromatic rings. The maximum Gasteiger partial charge on any atom is 0.306 e. The minimum Gasteiger partial charge on any atom is -0.458 e. The molecule has 1 atom stereocenters. The Morgan fingerprint density at radius 1 is 0.833 bits per heavy atom. The van der Waals surface area contributed by atoms with Crippen LogP contribution in [0.4, 0.5) is 0 Å². The molecule has 0 radical (unpaired) electrons. The average molecular weight is 326 g/mol. The number of cyclic esters (lactones) is 1. The molecule has 24 heavy (non-hydrogen) atoms. The van der Waals surface area contributed by atoms with E-state index < -0.39 is 0 Å². The summed E-state index contributed by atoms with van der Waals surface area (Å²) in [5.41, 5.74) is 0. The summed E-state index contributed by atoms with van der Waals surface area (Å²) in [6.07, 6.45) is 31.9. The Morgan fingerprint density at radius 3 is 1.88 bits per heavy atom. The Kier molecular flexibility index (Phi) is 12.1. The first-order valence-corrected chi connectivity index (χ1v) is 8.95. The molecule has 1 heterocycles. The van der Waals surface area contributed by atoms with Gasteiger partial charge in [0.25, 0.3) is 0 Å². The SMILES string of the molecule is CC/C=C\C/C=C\C/C=C\C/C=C\C/C=C\C=C\[C@H]1CCC(=O)O1. The highest BCUT2D eigenvalue weighted by atomic mass is 16.5. The molecule has 0 saturated carbocycles. The molecule has 0 N–H and O–H groups in total. The van der Waals surface area contributed by atoms with Gasteiger partial charge in [-0.2, -0.15) is 0 Å². The summed E-state index contributed by atoms with van der Waals surface area (Å²) in [5.74, 6) is -0.0894. The summed E-state index contributed by atoms with van der Waals surface area (Å²) < 4.78 is 5.10. The number of ether oxygens (including phenoxy) is 1. The van der Waals surface area contributed by atoms with Gasteiger partial charge in [-0.05, 0) is 44.6 Å². The first kappa shape index (κ1) is 20.0. The minimum absolute atomic E-state index is 0.0282. The van der Waals surface area contributed by atoms with Gasteiger partial charge in [-0.25, -0.2) is 0 Å². The zero-order valence-electron chi connectivity index (χ0n) is 14.8. The topological polar surface area (TPSA) is 26.3 Å². The molecule has 1 aliphatic rings. The van der Waals surface area contributed by atoms with E-state index >= 15 is 0 Å². The fourth-order valence-electron chi connectivity index (χ4n) is 2.18. The Balaban J connectivity index is 2.00. The second-order valence-corrected chi connectivity index (χ2v) is 5.62. The van der Waals surface area contributed by atoms with Gasteiger partial charge >= 0.3 is 5.97 Å². The molecule has 0 spiro atoms.